The second-order valence-electron chi connectivity index (χ2n) is 6.99. The Morgan fingerprint density at radius 1 is 1.17 bits per heavy atom. The molecule has 0 aromatic heterocycles. The van der Waals surface area contributed by atoms with E-state index in [2.05, 4.69) is 10.1 Å². The van der Waals surface area contributed by atoms with E-state index < -0.39 is 46.5 Å². The van der Waals surface area contributed by atoms with Crippen molar-refractivity contribution in [3.63, 3.8) is 0 Å². The molecular formula is C17H31NO10S. The molecule has 0 heterocycles. The molecule has 11 nitrogen and oxygen atoms in total. The molecule has 0 saturated heterocycles. The van der Waals surface area contributed by atoms with Crippen LogP contribution in [0.3, 0.4) is 0 Å². The van der Waals surface area contributed by atoms with Crippen molar-refractivity contribution in [2.75, 3.05) is 32.1 Å². The number of hydrogen-bond donors (Lipinski definition) is 2. The van der Waals surface area contributed by atoms with E-state index in [0.717, 1.165) is 0 Å². The highest BCUT2D eigenvalue weighted by molar-refractivity contribution is 7.86. The quantitative estimate of drug-likeness (QED) is 0.232. The van der Waals surface area contributed by atoms with E-state index in [1.807, 2.05) is 0 Å². The zero-order chi connectivity index (χ0) is 22.7. The van der Waals surface area contributed by atoms with Crippen molar-refractivity contribution in [2.45, 2.75) is 53.2 Å². The number of aliphatic hydroxyl groups is 1. The Morgan fingerprint density at radius 3 is 2.34 bits per heavy atom. The van der Waals surface area contributed by atoms with E-state index in [9.17, 15) is 27.9 Å². The summed E-state index contributed by atoms with van der Waals surface area (Å²) < 4.78 is 43.0. The van der Waals surface area contributed by atoms with Crippen LogP contribution in [0.1, 0.15) is 41.0 Å². The average Bonchev–Trinajstić information content (AvgIpc) is 2.61. The second-order valence-corrected chi connectivity index (χ2v) is 8.75. The molecule has 1 amide bonds. The van der Waals surface area contributed by atoms with Crippen LogP contribution in [-0.4, -0.2) is 75.9 Å². The van der Waals surface area contributed by atoms with Gasteiger partial charge in [0.2, 0.25) is 5.91 Å². The fraction of sp³-hybridized carbons (Fsp3) is 0.824. The molecular weight excluding hydrogens is 410 g/mol. The van der Waals surface area contributed by atoms with Crippen molar-refractivity contribution < 1.29 is 46.3 Å². The van der Waals surface area contributed by atoms with Crippen LogP contribution in [0.25, 0.3) is 0 Å². The fourth-order valence-corrected chi connectivity index (χ4v) is 2.95. The smallest absolute Gasteiger partial charge is 0.457 e. The molecule has 29 heavy (non-hydrogen) atoms. The van der Waals surface area contributed by atoms with Gasteiger partial charge in [0, 0.05) is 18.9 Å². The molecule has 0 spiro atoms. The summed E-state index contributed by atoms with van der Waals surface area (Å²) in [7, 11) is -3.90. The third kappa shape index (κ3) is 12.3. The van der Waals surface area contributed by atoms with Crippen LogP contribution in [0.5, 0.6) is 0 Å². The van der Waals surface area contributed by atoms with Crippen molar-refractivity contribution in [1.29, 1.82) is 0 Å². The van der Waals surface area contributed by atoms with Crippen molar-refractivity contribution in [3.8, 4) is 0 Å². The number of carbonyl (C=O) groups excluding carboxylic acids is 3. The van der Waals surface area contributed by atoms with Gasteiger partial charge in [-0.1, -0.05) is 13.8 Å². The lowest BCUT2D eigenvalue weighted by Crippen LogP contribution is -2.43. The van der Waals surface area contributed by atoms with Crippen LogP contribution in [0.4, 0.5) is 4.79 Å². The van der Waals surface area contributed by atoms with Gasteiger partial charge in [0.25, 0.3) is 10.1 Å². The largest absolute Gasteiger partial charge is 0.508 e. The first-order chi connectivity index (χ1) is 13.3. The van der Waals surface area contributed by atoms with E-state index in [0.29, 0.717) is 0 Å². The summed E-state index contributed by atoms with van der Waals surface area (Å²) in [5, 5.41) is 12.7. The van der Waals surface area contributed by atoms with Crippen LogP contribution < -0.4 is 5.32 Å². The van der Waals surface area contributed by atoms with E-state index in [1.54, 1.807) is 6.92 Å². The normalized spacial score (nSPS) is 13.9. The first-order valence-electron chi connectivity index (χ1n) is 9.10. The number of hydrogen-bond acceptors (Lipinski definition) is 10. The lowest BCUT2D eigenvalue weighted by molar-refractivity contribution is -0.168. The minimum atomic E-state index is -3.90. The number of ether oxygens (including phenoxy) is 3. The van der Waals surface area contributed by atoms with Gasteiger partial charge in [-0.05, 0) is 20.3 Å². The summed E-state index contributed by atoms with van der Waals surface area (Å²) in [6.45, 7) is 6.84. The maximum absolute atomic E-state index is 12.1. The molecule has 0 bridgehead atoms. The van der Waals surface area contributed by atoms with Crippen LogP contribution in [0.15, 0.2) is 0 Å². The SMILES string of the molecule is CCOC(=O)OCC(C)OC(=O)[C@H](O)C(C)(C)COS(=O)(=O)CCCNC(C)=O. The van der Waals surface area contributed by atoms with Gasteiger partial charge < -0.3 is 24.6 Å². The second kappa shape index (κ2) is 12.6. The highest BCUT2D eigenvalue weighted by atomic mass is 32.2. The first-order valence-corrected chi connectivity index (χ1v) is 10.7. The standard InChI is InChI=1S/C17H31NO10S/c1-6-25-16(22)26-10-12(2)28-15(21)14(20)17(4,5)11-27-29(23,24)9-7-8-18-13(3)19/h12,14,20H,6-11H2,1-5H3,(H,18,19)/t12?,14-/m0/s1. The zero-order valence-electron chi connectivity index (χ0n) is 17.4. The molecule has 0 aliphatic carbocycles. The number of amides is 1. The van der Waals surface area contributed by atoms with Gasteiger partial charge in [-0.25, -0.2) is 9.59 Å². The Balaban J connectivity index is 4.50. The lowest BCUT2D eigenvalue weighted by atomic mass is 9.87. The van der Waals surface area contributed by atoms with Crippen molar-refractivity contribution in [3.05, 3.63) is 0 Å². The van der Waals surface area contributed by atoms with Gasteiger partial charge in [0.15, 0.2) is 6.10 Å². The monoisotopic (exact) mass is 441 g/mol. The summed E-state index contributed by atoms with van der Waals surface area (Å²) in [4.78, 5) is 33.9. The predicted octanol–water partition coefficient (Wildman–Crippen LogP) is 0.351. The predicted molar refractivity (Wildman–Crippen MR) is 101 cm³/mol. The zero-order valence-corrected chi connectivity index (χ0v) is 18.2. The summed E-state index contributed by atoms with van der Waals surface area (Å²) >= 11 is 0. The minimum Gasteiger partial charge on any atom is -0.457 e. The maximum Gasteiger partial charge on any atom is 0.508 e. The molecule has 1 unspecified atom stereocenters. The lowest BCUT2D eigenvalue weighted by Gasteiger charge is -2.29. The van der Waals surface area contributed by atoms with Gasteiger partial charge in [0.1, 0.15) is 12.7 Å². The van der Waals surface area contributed by atoms with E-state index >= 15 is 0 Å². The molecule has 0 radical (unpaired) electrons. The number of nitrogens with one attached hydrogen (secondary N) is 1. The number of rotatable bonds is 13. The van der Waals surface area contributed by atoms with E-state index in [1.165, 1.54) is 27.7 Å². The third-order valence-corrected chi connectivity index (χ3v) is 4.80. The number of esters is 1. The molecule has 0 aliphatic rings. The van der Waals surface area contributed by atoms with Gasteiger partial charge in [-0.15, -0.1) is 0 Å². The Kier molecular flexibility index (Phi) is 11.8. The van der Waals surface area contributed by atoms with E-state index in [4.69, 9.17) is 13.7 Å². The van der Waals surface area contributed by atoms with Crippen LogP contribution in [0, 0.1) is 5.41 Å². The van der Waals surface area contributed by atoms with Gasteiger partial charge in [0.05, 0.1) is 19.0 Å². The summed E-state index contributed by atoms with van der Waals surface area (Å²) in [5.74, 6) is -1.61. The molecule has 0 saturated carbocycles. The Bertz CT molecular complexity index is 647. The van der Waals surface area contributed by atoms with E-state index in [-0.39, 0.29) is 37.8 Å². The van der Waals surface area contributed by atoms with Crippen LogP contribution in [0.2, 0.25) is 0 Å². The van der Waals surface area contributed by atoms with Crippen molar-refractivity contribution in [2.24, 2.45) is 5.41 Å². The number of carbonyl (C=O) groups is 3. The minimum absolute atomic E-state index is 0.135. The molecule has 0 aliphatic heterocycles. The van der Waals surface area contributed by atoms with Crippen molar-refractivity contribution in [1.82, 2.24) is 5.32 Å². The topological polar surface area (TPSA) is 155 Å². The summed E-state index contributed by atoms with van der Waals surface area (Å²) in [6, 6.07) is 0. The maximum atomic E-state index is 12.1. The van der Waals surface area contributed by atoms with Crippen molar-refractivity contribution >= 4 is 28.1 Å². The molecule has 12 heteroatoms. The summed E-state index contributed by atoms with van der Waals surface area (Å²) in [5.41, 5.74) is -1.27. The molecule has 0 aromatic carbocycles. The highest BCUT2D eigenvalue weighted by Crippen LogP contribution is 2.23. The average molecular weight is 441 g/mol. The van der Waals surface area contributed by atoms with Gasteiger partial charge in [-0.2, -0.15) is 8.42 Å². The third-order valence-electron chi connectivity index (χ3n) is 3.53. The highest BCUT2D eigenvalue weighted by Gasteiger charge is 2.37. The Hall–Kier alpha value is -1.92. The fourth-order valence-electron chi connectivity index (χ4n) is 1.85. The molecule has 170 valence electrons. The van der Waals surface area contributed by atoms with Gasteiger partial charge in [-0.3, -0.25) is 8.98 Å². The Labute approximate surface area is 171 Å². The molecule has 0 rings (SSSR count). The molecule has 2 atom stereocenters. The van der Waals surface area contributed by atoms with Gasteiger partial charge >= 0.3 is 12.1 Å². The Morgan fingerprint density at radius 2 is 1.79 bits per heavy atom. The van der Waals surface area contributed by atoms with Crippen LogP contribution >= 0.6 is 0 Å². The van der Waals surface area contributed by atoms with Crippen LogP contribution in [-0.2, 0) is 38.1 Å². The molecule has 2 N–H and O–H groups in total. The first kappa shape index (κ1) is 27.1. The number of aliphatic hydroxyl groups excluding tert-OH is 1. The molecule has 0 fully saturated rings. The molecule has 0 aromatic rings. The summed E-state index contributed by atoms with van der Waals surface area (Å²) in [6.07, 6.45) is -3.28.